The SMILES string of the molecule is [2H]c1oc(C(C)(C)O)nc1C(F)(F)F. The fourth-order valence-electron chi connectivity index (χ4n) is 0.627. The Hall–Kier alpha value is -1.04. The Labute approximate surface area is 73.6 Å². The van der Waals surface area contributed by atoms with E-state index in [9.17, 15) is 18.3 Å². The van der Waals surface area contributed by atoms with Gasteiger partial charge in [0.15, 0.2) is 5.69 Å². The van der Waals surface area contributed by atoms with Gasteiger partial charge in [0.05, 0.1) is 0 Å². The van der Waals surface area contributed by atoms with Gasteiger partial charge in [0.25, 0.3) is 0 Å². The number of hydrogen-bond donors (Lipinski definition) is 1. The molecule has 1 aromatic heterocycles. The van der Waals surface area contributed by atoms with E-state index in [2.05, 4.69) is 9.40 Å². The van der Waals surface area contributed by atoms with E-state index in [4.69, 9.17) is 1.37 Å². The maximum atomic E-state index is 12.1. The summed E-state index contributed by atoms with van der Waals surface area (Å²) in [6.45, 7) is 2.44. The summed E-state index contributed by atoms with van der Waals surface area (Å²) in [6.07, 6.45) is -5.82. The molecule has 6 heteroatoms. The number of aromatic nitrogens is 1. The first-order chi connectivity index (χ1) is 6.12. The zero-order valence-corrected chi connectivity index (χ0v) is 6.94. The molecule has 0 fully saturated rings. The van der Waals surface area contributed by atoms with Gasteiger partial charge in [-0.05, 0) is 13.8 Å². The third-order valence-corrected chi connectivity index (χ3v) is 1.25. The number of aliphatic hydroxyl groups is 1. The van der Waals surface area contributed by atoms with Crippen LogP contribution in [0, 0.1) is 0 Å². The second-order valence-electron chi connectivity index (χ2n) is 3.03. The third kappa shape index (κ3) is 2.21. The summed E-state index contributed by atoms with van der Waals surface area (Å²) in [5.41, 5.74) is -3.05. The lowest BCUT2D eigenvalue weighted by Gasteiger charge is -2.10. The summed E-state index contributed by atoms with van der Waals surface area (Å²) in [6, 6.07) is 0. The molecule has 1 N–H and O–H groups in total. The zero-order chi connectivity index (χ0) is 11.1. The van der Waals surface area contributed by atoms with Crippen molar-refractivity contribution in [2.45, 2.75) is 25.6 Å². The Morgan fingerprint density at radius 1 is 1.54 bits per heavy atom. The highest BCUT2D eigenvalue weighted by Gasteiger charge is 2.36. The van der Waals surface area contributed by atoms with Crippen molar-refractivity contribution in [2.24, 2.45) is 0 Å². The lowest BCUT2D eigenvalue weighted by Crippen LogP contribution is -2.16. The van der Waals surface area contributed by atoms with Crippen LogP contribution in [0.4, 0.5) is 13.2 Å². The summed E-state index contributed by atoms with van der Waals surface area (Å²) < 4.78 is 47.6. The Bertz CT molecular complexity index is 340. The molecular formula is C7H8F3NO2. The molecule has 0 radical (unpaired) electrons. The molecule has 0 aliphatic rings. The average molecular weight is 196 g/mol. The van der Waals surface area contributed by atoms with Crippen molar-refractivity contribution in [3.05, 3.63) is 17.8 Å². The van der Waals surface area contributed by atoms with Crippen molar-refractivity contribution in [3.63, 3.8) is 0 Å². The van der Waals surface area contributed by atoms with Crippen molar-refractivity contribution in [3.8, 4) is 0 Å². The fourth-order valence-corrected chi connectivity index (χ4v) is 0.627. The summed E-state index contributed by atoms with van der Waals surface area (Å²) in [5.74, 6) is -0.519. The minimum atomic E-state index is -4.73. The van der Waals surface area contributed by atoms with Crippen molar-refractivity contribution >= 4 is 0 Å². The molecule has 0 aliphatic heterocycles. The number of oxazole rings is 1. The number of nitrogens with zero attached hydrogens (tertiary/aromatic N) is 1. The average Bonchev–Trinajstić information content (AvgIpc) is 2.27. The molecule has 1 aromatic rings. The first-order valence-corrected chi connectivity index (χ1v) is 3.40. The Morgan fingerprint density at radius 2 is 2.08 bits per heavy atom. The Kier molecular flexibility index (Phi) is 1.80. The molecule has 13 heavy (non-hydrogen) atoms. The zero-order valence-electron chi connectivity index (χ0n) is 7.94. The van der Waals surface area contributed by atoms with Crippen LogP contribution in [-0.4, -0.2) is 10.1 Å². The molecule has 0 aliphatic carbocycles. The highest BCUT2D eigenvalue weighted by Crippen LogP contribution is 2.30. The fraction of sp³-hybridized carbons (Fsp3) is 0.571. The van der Waals surface area contributed by atoms with Crippen LogP contribution in [0.2, 0.25) is 0 Å². The second-order valence-corrected chi connectivity index (χ2v) is 3.03. The lowest BCUT2D eigenvalue weighted by molar-refractivity contribution is -0.141. The first kappa shape index (κ1) is 8.55. The highest BCUT2D eigenvalue weighted by molar-refractivity contribution is 5.04. The number of alkyl halides is 3. The van der Waals surface area contributed by atoms with Gasteiger partial charge in [-0.1, -0.05) is 0 Å². The second kappa shape index (κ2) is 2.73. The predicted molar refractivity (Wildman–Crippen MR) is 36.7 cm³/mol. The van der Waals surface area contributed by atoms with Crippen LogP contribution < -0.4 is 0 Å². The topological polar surface area (TPSA) is 46.3 Å². The van der Waals surface area contributed by atoms with Crippen molar-refractivity contribution in [2.75, 3.05) is 0 Å². The van der Waals surface area contributed by atoms with Gasteiger partial charge in [0.2, 0.25) is 5.89 Å². The van der Waals surface area contributed by atoms with Crippen molar-refractivity contribution < 1.29 is 24.1 Å². The van der Waals surface area contributed by atoms with Crippen LogP contribution >= 0.6 is 0 Å². The van der Waals surface area contributed by atoms with Crippen LogP contribution in [0.5, 0.6) is 0 Å². The van der Waals surface area contributed by atoms with Gasteiger partial charge in [0.1, 0.15) is 13.2 Å². The molecule has 0 saturated carbocycles. The van der Waals surface area contributed by atoms with Crippen molar-refractivity contribution in [1.29, 1.82) is 0 Å². The van der Waals surface area contributed by atoms with Gasteiger partial charge in [-0.15, -0.1) is 0 Å². The first-order valence-electron chi connectivity index (χ1n) is 3.90. The summed E-state index contributed by atoms with van der Waals surface area (Å²) in [7, 11) is 0. The molecule has 0 aromatic carbocycles. The molecular weight excluding hydrogens is 187 g/mol. The predicted octanol–water partition coefficient (Wildman–Crippen LogP) is 1.92. The van der Waals surface area contributed by atoms with Gasteiger partial charge in [0, 0.05) is 0 Å². The van der Waals surface area contributed by atoms with Gasteiger partial charge >= 0.3 is 6.18 Å². The normalized spacial score (nSPS) is 14.5. The molecule has 1 heterocycles. The highest BCUT2D eigenvalue weighted by atomic mass is 19.4. The molecule has 0 bridgehead atoms. The maximum Gasteiger partial charge on any atom is 0.436 e. The van der Waals surface area contributed by atoms with Gasteiger partial charge in [-0.3, -0.25) is 0 Å². The minimum absolute atomic E-state index is 0.519. The largest absolute Gasteiger partial charge is 0.445 e. The number of halogens is 3. The van der Waals surface area contributed by atoms with Crippen LogP contribution in [0.15, 0.2) is 10.7 Å². The Morgan fingerprint density at radius 3 is 2.31 bits per heavy atom. The molecule has 0 unspecified atom stereocenters. The van der Waals surface area contributed by atoms with Gasteiger partial charge in [-0.2, -0.15) is 13.2 Å². The van der Waals surface area contributed by atoms with E-state index >= 15 is 0 Å². The van der Waals surface area contributed by atoms with Crippen molar-refractivity contribution in [1.82, 2.24) is 4.98 Å². The van der Waals surface area contributed by atoms with Crippen LogP contribution in [-0.2, 0) is 11.8 Å². The smallest absolute Gasteiger partial charge is 0.436 e. The molecule has 1 rings (SSSR count). The Balaban J connectivity index is 3.19. The maximum absolute atomic E-state index is 12.1. The van der Waals surface area contributed by atoms with Gasteiger partial charge in [-0.25, -0.2) is 4.98 Å². The third-order valence-electron chi connectivity index (χ3n) is 1.25. The van der Waals surface area contributed by atoms with Crippen LogP contribution in [0.3, 0.4) is 0 Å². The van der Waals surface area contributed by atoms with E-state index in [1.165, 1.54) is 13.8 Å². The standard InChI is InChI=1S/C7H8F3NO2/c1-6(2,12)5-11-4(3-13-5)7(8,9)10/h3,12H,1-2H3/i3D. The molecule has 0 saturated heterocycles. The molecule has 74 valence electrons. The molecule has 0 spiro atoms. The van der Waals surface area contributed by atoms with E-state index < -0.39 is 29.6 Å². The molecule has 3 nitrogen and oxygen atoms in total. The van der Waals surface area contributed by atoms with E-state index in [1.807, 2.05) is 0 Å². The van der Waals surface area contributed by atoms with E-state index in [1.54, 1.807) is 0 Å². The molecule has 0 atom stereocenters. The number of hydrogen-bond acceptors (Lipinski definition) is 3. The number of rotatable bonds is 1. The van der Waals surface area contributed by atoms with Crippen LogP contribution in [0.25, 0.3) is 0 Å². The summed E-state index contributed by atoms with van der Waals surface area (Å²) in [4.78, 5) is 3.02. The van der Waals surface area contributed by atoms with E-state index in [0.717, 1.165) is 0 Å². The quantitative estimate of drug-likeness (QED) is 0.746. The van der Waals surface area contributed by atoms with E-state index in [-0.39, 0.29) is 0 Å². The lowest BCUT2D eigenvalue weighted by atomic mass is 10.1. The monoisotopic (exact) mass is 196 g/mol. The van der Waals surface area contributed by atoms with E-state index in [0.29, 0.717) is 0 Å². The van der Waals surface area contributed by atoms with Gasteiger partial charge < -0.3 is 9.52 Å². The minimum Gasteiger partial charge on any atom is -0.445 e. The molecule has 0 amide bonds. The summed E-state index contributed by atoms with van der Waals surface area (Å²) >= 11 is 0. The van der Waals surface area contributed by atoms with Crippen LogP contribution in [0.1, 0.15) is 26.8 Å². The summed E-state index contributed by atoms with van der Waals surface area (Å²) in [5, 5.41) is 9.29.